The highest BCUT2D eigenvalue weighted by Gasteiger charge is 2.26. The molecule has 1 aromatic heterocycles. The second-order valence-corrected chi connectivity index (χ2v) is 9.29. The molecule has 0 spiro atoms. The number of hydrogen-bond donors (Lipinski definition) is 0. The average molecular weight is 443 g/mol. The summed E-state index contributed by atoms with van der Waals surface area (Å²) < 4.78 is 5.23. The van der Waals surface area contributed by atoms with E-state index in [2.05, 4.69) is 23.8 Å². The Kier molecular flexibility index (Phi) is 8.89. The highest BCUT2D eigenvalue weighted by molar-refractivity contribution is 6.32. The second kappa shape index (κ2) is 11.6. The summed E-state index contributed by atoms with van der Waals surface area (Å²) in [6.45, 7) is 6.34. The minimum absolute atomic E-state index is 0.306. The molecule has 1 aromatic carbocycles. The SMILES string of the molecule is CCCCCC1CCC(C(C)c2cnc(-c3ccc(OC(=O)CC)c(Cl)c3)nc2)CC1. The Morgan fingerprint density at radius 1 is 1.13 bits per heavy atom. The maximum atomic E-state index is 11.5. The molecule has 1 unspecified atom stereocenters. The predicted octanol–water partition coefficient (Wildman–Crippen LogP) is 7.60. The molecule has 1 aliphatic rings. The number of esters is 1. The van der Waals surface area contributed by atoms with Crippen molar-refractivity contribution < 1.29 is 9.53 Å². The zero-order valence-electron chi connectivity index (χ0n) is 19.1. The van der Waals surface area contributed by atoms with Crippen LogP contribution >= 0.6 is 11.6 Å². The quantitative estimate of drug-likeness (QED) is 0.228. The van der Waals surface area contributed by atoms with Crippen LogP contribution in [0.5, 0.6) is 5.75 Å². The molecule has 0 amide bonds. The van der Waals surface area contributed by atoms with E-state index in [1.807, 2.05) is 18.5 Å². The maximum absolute atomic E-state index is 11.5. The molecule has 0 radical (unpaired) electrons. The fourth-order valence-electron chi connectivity index (χ4n) is 4.57. The standard InChI is InChI=1S/C26H35ClN2O2/c1-4-6-7-8-19-9-11-20(12-10-19)18(3)22-16-28-26(29-17-22)21-13-14-24(23(27)15-21)31-25(30)5-2/h13-20H,4-12H2,1-3H3. The molecule has 2 aromatic rings. The summed E-state index contributed by atoms with van der Waals surface area (Å²) in [5.74, 6) is 2.82. The van der Waals surface area contributed by atoms with Gasteiger partial charge in [-0.2, -0.15) is 0 Å². The van der Waals surface area contributed by atoms with Crippen LogP contribution in [-0.2, 0) is 4.79 Å². The van der Waals surface area contributed by atoms with Crippen LogP contribution in [-0.4, -0.2) is 15.9 Å². The molecule has 0 aliphatic heterocycles. The summed E-state index contributed by atoms with van der Waals surface area (Å²) in [4.78, 5) is 20.7. The second-order valence-electron chi connectivity index (χ2n) is 8.88. The first kappa shape index (κ1) is 23.7. The van der Waals surface area contributed by atoms with Crippen LogP contribution < -0.4 is 4.74 Å². The van der Waals surface area contributed by atoms with Crippen molar-refractivity contribution in [2.75, 3.05) is 0 Å². The van der Waals surface area contributed by atoms with E-state index >= 15 is 0 Å². The lowest BCUT2D eigenvalue weighted by Crippen LogP contribution is -2.19. The van der Waals surface area contributed by atoms with Gasteiger partial charge in [-0.05, 0) is 54.4 Å². The maximum Gasteiger partial charge on any atom is 0.310 e. The molecule has 31 heavy (non-hydrogen) atoms. The van der Waals surface area contributed by atoms with E-state index in [4.69, 9.17) is 16.3 Å². The van der Waals surface area contributed by atoms with Crippen LogP contribution in [0, 0.1) is 11.8 Å². The molecular formula is C26H35ClN2O2. The number of ether oxygens (including phenoxy) is 1. The van der Waals surface area contributed by atoms with Crippen LogP contribution in [0.25, 0.3) is 11.4 Å². The topological polar surface area (TPSA) is 52.1 Å². The van der Waals surface area contributed by atoms with Crippen molar-refractivity contribution in [3.63, 3.8) is 0 Å². The summed E-state index contributed by atoms with van der Waals surface area (Å²) in [7, 11) is 0. The minimum Gasteiger partial charge on any atom is -0.425 e. The third-order valence-electron chi connectivity index (χ3n) is 6.71. The molecule has 1 atom stereocenters. The zero-order valence-corrected chi connectivity index (χ0v) is 19.8. The van der Waals surface area contributed by atoms with Gasteiger partial charge in [0.05, 0.1) is 5.02 Å². The molecule has 1 aliphatic carbocycles. The Morgan fingerprint density at radius 2 is 1.84 bits per heavy atom. The van der Waals surface area contributed by atoms with Crippen LogP contribution in [0.1, 0.15) is 90.0 Å². The summed E-state index contributed by atoms with van der Waals surface area (Å²) in [5, 5.41) is 0.385. The smallest absolute Gasteiger partial charge is 0.310 e. The van der Waals surface area contributed by atoms with Gasteiger partial charge in [-0.1, -0.05) is 70.9 Å². The number of hydrogen-bond acceptors (Lipinski definition) is 4. The number of halogens is 1. The van der Waals surface area contributed by atoms with E-state index in [1.54, 1.807) is 19.1 Å². The monoisotopic (exact) mass is 442 g/mol. The van der Waals surface area contributed by atoms with E-state index in [-0.39, 0.29) is 5.97 Å². The number of benzene rings is 1. The van der Waals surface area contributed by atoms with E-state index in [0.717, 1.165) is 17.4 Å². The average Bonchev–Trinajstić information content (AvgIpc) is 2.80. The van der Waals surface area contributed by atoms with Crippen LogP contribution in [0.2, 0.25) is 5.02 Å². The molecule has 1 fully saturated rings. The van der Waals surface area contributed by atoms with Crippen molar-refractivity contribution >= 4 is 17.6 Å². The number of unbranched alkanes of at least 4 members (excludes halogenated alkanes) is 2. The summed E-state index contributed by atoms with van der Waals surface area (Å²) in [6, 6.07) is 5.28. The van der Waals surface area contributed by atoms with Gasteiger partial charge in [0.1, 0.15) is 5.75 Å². The molecular weight excluding hydrogens is 408 g/mol. The lowest BCUT2D eigenvalue weighted by atomic mass is 9.73. The molecule has 3 rings (SSSR count). The van der Waals surface area contributed by atoms with Crippen LogP contribution in [0.4, 0.5) is 0 Å². The normalized spacial score (nSPS) is 19.7. The van der Waals surface area contributed by atoms with Crippen molar-refractivity contribution in [2.45, 2.75) is 84.5 Å². The van der Waals surface area contributed by atoms with Crippen molar-refractivity contribution in [2.24, 2.45) is 11.8 Å². The molecule has 5 heteroatoms. The fraction of sp³-hybridized carbons (Fsp3) is 0.577. The van der Waals surface area contributed by atoms with Gasteiger partial charge in [-0.25, -0.2) is 9.97 Å². The molecule has 1 saturated carbocycles. The third kappa shape index (κ3) is 6.52. The van der Waals surface area contributed by atoms with Crippen LogP contribution in [0.3, 0.4) is 0 Å². The number of aromatic nitrogens is 2. The van der Waals surface area contributed by atoms with E-state index in [9.17, 15) is 4.79 Å². The van der Waals surface area contributed by atoms with Crippen molar-refractivity contribution in [1.82, 2.24) is 9.97 Å². The van der Waals surface area contributed by atoms with Gasteiger partial charge in [0.2, 0.25) is 0 Å². The first-order chi connectivity index (χ1) is 15.0. The lowest BCUT2D eigenvalue weighted by molar-refractivity contribution is -0.134. The third-order valence-corrected chi connectivity index (χ3v) is 7.01. The van der Waals surface area contributed by atoms with Crippen molar-refractivity contribution in [3.8, 4) is 17.1 Å². The van der Waals surface area contributed by atoms with Gasteiger partial charge < -0.3 is 4.74 Å². The summed E-state index contributed by atoms with van der Waals surface area (Å²) in [6.07, 6.45) is 15.1. The Balaban J connectivity index is 1.59. The van der Waals surface area contributed by atoms with Gasteiger partial charge in [-0.3, -0.25) is 4.79 Å². The Bertz CT molecular complexity index is 845. The summed E-state index contributed by atoms with van der Waals surface area (Å²) in [5.41, 5.74) is 2.02. The highest BCUT2D eigenvalue weighted by Crippen LogP contribution is 2.39. The van der Waals surface area contributed by atoms with Crippen LogP contribution in [0.15, 0.2) is 30.6 Å². The molecule has 1 heterocycles. The highest BCUT2D eigenvalue weighted by atomic mass is 35.5. The lowest BCUT2D eigenvalue weighted by Gasteiger charge is -2.32. The Labute approximate surface area is 191 Å². The fourth-order valence-corrected chi connectivity index (χ4v) is 4.79. The van der Waals surface area contributed by atoms with Gasteiger partial charge >= 0.3 is 5.97 Å². The molecule has 0 N–H and O–H groups in total. The van der Waals surface area contributed by atoms with Crippen molar-refractivity contribution in [3.05, 3.63) is 41.2 Å². The molecule has 4 nitrogen and oxygen atoms in total. The first-order valence-electron chi connectivity index (χ1n) is 11.8. The zero-order chi connectivity index (χ0) is 22.2. The number of nitrogens with zero attached hydrogens (tertiary/aromatic N) is 2. The Morgan fingerprint density at radius 3 is 2.45 bits per heavy atom. The largest absolute Gasteiger partial charge is 0.425 e. The predicted molar refractivity (Wildman–Crippen MR) is 126 cm³/mol. The first-order valence-corrected chi connectivity index (χ1v) is 12.2. The number of carbonyl (C=O) groups is 1. The minimum atomic E-state index is -0.306. The van der Waals surface area contributed by atoms with Gasteiger partial charge in [0, 0.05) is 24.4 Å². The van der Waals surface area contributed by atoms with Gasteiger partial charge in [0.25, 0.3) is 0 Å². The number of rotatable bonds is 9. The molecule has 168 valence electrons. The van der Waals surface area contributed by atoms with Gasteiger partial charge in [0.15, 0.2) is 5.82 Å². The van der Waals surface area contributed by atoms with E-state index in [1.165, 1.54) is 56.9 Å². The molecule has 0 bridgehead atoms. The summed E-state index contributed by atoms with van der Waals surface area (Å²) >= 11 is 6.28. The Hall–Kier alpha value is -1.94. The van der Waals surface area contributed by atoms with Gasteiger partial charge in [-0.15, -0.1) is 0 Å². The van der Waals surface area contributed by atoms with Crippen molar-refractivity contribution in [1.29, 1.82) is 0 Å². The van der Waals surface area contributed by atoms with E-state index < -0.39 is 0 Å². The van der Waals surface area contributed by atoms with E-state index in [0.29, 0.717) is 28.9 Å². The molecule has 0 saturated heterocycles. The number of carbonyl (C=O) groups excluding carboxylic acids is 1.